The molecule has 0 spiro atoms. The van der Waals surface area contributed by atoms with Gasteiger partial charge in [0.05, 0.1) is 33.4 Å². The fourth-order valence-corrected chi connectivity index (χ4v) is 4.46. The van der Waals surface area contributed by atoms with Crippen LogP contribution in [0.1, 0.15) is 34.7 Å². The molecule has 3 N–H and O–H groups in total. The van der Waals surface area contributed by atoms with E-state index in [0.29, 0.717) is 5.75 Å². The van der Waals surface area contributed by atoms with E-state index in [-0.39, 0.29) is 50.3 Å². The molecule has 0 atom stereocenters. The summed E-state index contributed by atoms with van der Waals surface area (Å²) in [5.41, 5.74) is -0.902. The van der Waals surface area contributed by atoms with Crippen molar-refractivity contribution in [1.82, 2.24) is 20.1 Å². The molecule has 192 valence electrons. The van der Waals surface area contributed by atoms with Crippen molar-refractivity contribution >= 4 is 63.6 Å². The van der Waals surface area contributed by atoms with E-state index in [2.05, 4.69) is 20.7 Å². The number of carbonyl (C=O) groups is 2. The number of aliphatic hydroxyl groups excluding tert-OH is 1. The number of carbonyl (C=O) groups excluding carboxylic acids is 2. The van der Waals surface area contributed by atoms with Crippen LogP contribution in [0.5, 0.6) is 11.6 Å². The summed E-state index contributed by atoms with van der Waals surface area (Å²) in [7, 11) is 0. The monoisotopic (exact) mass is 579 g/mol. The fraction of sp³-hybridized carbons (Fsp3) is 0.167. The SMILES string of the molecule is CC(C)(CO)NC(=O)c1cc(Cl)cc(Cl)c1NC(=O)c1cc(Oc2ccsc2)nn1-c1ncccc1Cl. The lowest BCUT2D eigenvalue weighted by molar-refractivity contribution is 0.0870. The van der Waals surface area contributed by atoms with Crippen LogP contribution in [-0.4, -0.2) is 43.8 Å². The van der Waals surface area contributed by atoms with Crippen LogP contribution >= 0.6 is 46.1 Å². The van der Waals surface area contributed by atoms with E-state index < -0.39 is 17.4 Å². The van der Waals surface area contributed by atoms with Crippen LogP contribution in [0.15, 0.2) is 53.4 Å². The number of hydrogen-bond acceptors (Lipinski definition) is 7. The van der Waals surface area contributed by atoms with Gasteiger partial charge in [-0.1, -0.05) is 34.8 Å². The maximum atomic E-state index is 13.5. The standard InChI is InChI=1S/C24H20Cl3N5O4S/c1-24(2,12-33)30-22(34)15-8-13(25)9-17(27)20(15)29-23(35)18-10-19(36-14-5-7-37-11-14)31-32(18)21-16(26)4-3-6-28-21/h3-11,33H,12H2,1-2H3,(H,29,35)(H,30,34). The first-order chi connectivity index (χ1) is 17.6. The highest BCUT2D eigenvalue weighted by atomic mass is 35.5. The van der Waals surface area contributed by atoms with Crippen LogP contribution in [0.3, 0.4) is 0 Å². The molecule has 0 radical (unpaired) electrons. The molecule has 0 fully saturated rings. The molecular weight excluding hydrogens is 561 g/mol. The summed E-state index contributed by atoms with van der Waals surface area (Å²) in [6, 6.07) is 9.17. The zero-order valence-corrected chi connectivity index (χ0v) is 22.5. The molecule has 0 aliphatic carbocycles. The Hall–Kier alpha value is -3.15. The van der Waals surface area contributed by atoms with Gasteiger partial charge in [0.2, 0.25) is 5.88 Å². The Labute approximate surface area is 230 Å². The Morgan fingerprint density at radius 1 is 1.14 bits per heavy atom. The summed E-state index contributed by atoms with van der Waals surface area (Å²) in [6.07, 6.45) is 1.51. The van der Waals surface area contributed by atoms with Gasteiger partial charge in [-0.2, -0.15) is 0 Å². The number of nitrogens with zero attached hydrogens (tertiary/aromatic N) is 3. The summed E-state index contributed by atoms with van der Waals surface area (Å²) in [4.78, 5) is 30.8. The van der Waals surface area contributed by atoms with Gasteiger partial charge < -0.3 is 20.5 Å². The molecule has 0 saturated heterocycles. The average Bonchev–Trinajstić information content (AvgIpc) is 3.51. The molecular formula is C24H20Cl3N5O4S. The summed E-state index contributed by atoms with van der Waals surface area (Å²) < 4.78 is 7.00. The molecule has 0 bridgehead atoms. The highest BCUT2D eigenvalue weighted by Gasteiger charge is 2.26. The normalized spacial score (nSPS) is 11.3. The van der Waals surface area contributed by atoms with Crippen molar-refractivity contribution < 1.29 is 19.4 Å². The van der Waals surface area contributed by atoms with Gasteiger partial charge in [-0.05, 0) is 49.6 Å². The lowest BCUT2D eigenvalue weighted by Crippen LogP contribution is -2.46. The number of anilines is 1. The number of aromatic nitrogens is 3. The number of rotatable bonds is 8. The maximum absolute atomic E-state index is 13.5. The van der Waals surface area contributed by atoms with E-state index in [4.69, 9.17) is 39.5 Å². The van der Waals surface area contributed by atoms with Crippen molar-refractivity contribution in [3.05, 3.63) is 79.7 Å². The number of pyridine rings is 1. The first-order valence-electron chi connectivity index (χ1n) is 10.7. The fourth-order valence-electron chi connectivity index (χ4n) is 3.17. The van der Waals surface area contributed by atoms with Gasteiger partial charge in [-0.3, -0.25) is 9.59 Å². The summed E-state index contributed by atoms with van der Waals surface area (Å²) in [6.45, 7) is 2.96. The largest absolute Gasteiger partial charge is 0.437 e. The smallest absolute Gasteiger partial charge is 0.274 e. The Kier molecular flexibility index (Phi) is 8.05. The maximum Gasteiger partial charge on any atom is 0.274 e. The van der Waals surface area contributed by atoms with Crippen molar-refractivity contribution in [2.75, 3.05) is 11.9 Å². The van der Waals surface area contributed by atoms with Crippen LogP contribution in [0.2, 0.25) is 15.1 Å². The van der Waals surface area contributed by atoms with Crippen LogP contribution in [0.4, 0.5) is 5.69 Å². The molecule has 0 aliphatic rings. The van der Waals surface area contributed by atoms with Crippen molar-refractivity contribution in [1.29, 1.82) is 0 Å². The number of nitrogens with one attached hydrogen (secondary N) is 2. The minimum atomic E-state index is -0.935. The molecule has 0 aliphatic heterocycles. The molecule has 3 heterocycles. The van der Waals surface area contributed by atoms with Crippen LogP contribution in [0, 0.1) is 0 Å². The molecule has 0 unspecified atom stereocenters. The van der Waals surface area contributed by atoms with E-state index in [1.54, 1.807) is 37.4 Å². The first-order valence-corrected chi connectivity index (χ1v) is 12.8. The zero-order chi connectivity index (χ0) is 26.7. The first kappa shape index (κ1) is 26.9. The van der Waals surface area contributed by atoms with Crippen LogP contribution < -0.4 is 15.4 Å². The van der Waals surface area contributed by atoms with E-state index in [1.165, 1.54) is 40.4 Å². The van der Waals surface area contributed by atoms with Gasteiger partial charge >= 0.3 is 0 Å². The molecule has 2 amide bonds. The molecule has 9 nitrogen and oxygen atoms in total. The third-order valence-electron chi connectivity index (χ3n) is 4.96. The van der Waals surface area contributed by atoms with Crippen molar-refractivity contribution in [3.8, 4) is 17.4 Å². The van der Waals surface area contributed by atoms with Gasteiger partial charge in [0.1, 0.15) is 11.4 Å². The number of thiophene rings is 1. The van der Waals surface area contributed by atoms with Crippen molar-refractivity contribution in [2.24, 2.45) is 0 Å². The molecule has 13 heteroatoms. The van der Waals surface area contributed by atoms with Crippen LogP contribution in [-0.2, 0) is 0 Å². The minimum Gasteiger partial charge on any atom is -0.437 e. The molecule has 1 aromatic carbocycles. The van der Waals surface area contributed by atoms with Gasteiger partial charge in [0, 0.05) is 22.7 Å². The topological polar surface area (TPSA) is 118 Å². The second kappa shape index (κ2) is 11.1. The Morgan fingerprint density at radius 2 is 1.92 bits per heavy atom. The van der Waals surface area contributed by atoms with Crippen molar-refractivity contribution in [3.63, 3.8) is 0 Å². The van der Waals surface area contributed by atoms with E-state index in [1.807, 2.05) is 5.38 Å². The predicted molar refractivity (Wildman–Crippen MR) is 144 cm³/mol. The number of benzene rings is 1. The number of aliphatic hydroxyl groups is 1. The molecule has 4 aromatic rings. The molecule has 3 aromatic heterocycles. The van der Waals surface area contributed by atoms with Gasteiger partial charge in [-0.25, -0.2) is 9.67 Å². The summed E-state index contributed by atoms with van der Waals surface area (Å²) in [5.74, 6) is -0.412. The quantitative estimate of drug-likeness (QED) is 0.241. The third kappa shape index (κ3) is 6.23. The number of amides is 2. The number of hydrogen-bond donors (Lipinski definition) is 3. The number of halogens is 3. The predicted octanol–water partition coefficient (Wildman–Crippen LogP) is 5.83. The third-order valence-corrected chi connectivity index (χ3v) is 6.44. The second-order valence-electron chi connectivity index (χ2n) is 8.41. The lowest BCUT2D eigenvalue weighted by Gasteiger charge is -2.24. The lowest BCUT2D eigenvalue weighted by atomic mass is 10.1. The Bertz CT molecular complexity index is 1460. The van der Waals surface area contributed by atoms with Crippen molar-refractivity contribution in [2.45, 2.75) is 19.4 Å². The highest BCUT2D eigenvalue weighted by Crippen LogP contribution is 2.32. The minimum absolute atomic E-state index is 0.00376. The molecule has 4 rings (SSSR count). The zero-order valence-electron chi connectivity index (χ0n) is 19.5. The van der Waals surface area contributed by atoms with Gasteiger partial charge in [0.25, 0.3) is 11.8 Å². The van der Waals surface area contributed by atoms with E-state index >= 15 is 0 Å². The summed E-state index contributed by atoms with van der Waals surface area (Å²) in [5, 5.41) is 23.3. The Balaban J connectivity index is 1.74. The van der Waals surface area contributed by atoms with Gasteiger partial charge in [0.15, 0.2) is 5.82 Å². The number of ether oxygens (including phenoxy) is 1. The highest BCUT2D eigenvalue weighted by molar-refractivity contribution is 7.08. The molecule has 37 heavy (non-hydrogen) atoms. The Morgan fingerprint density at radius 3 is 2.59 bits per heavy atom. The van der Waals surface area contributed by atoms with E-state index in [0.717, 1.165) is 0 Å². The average molecular weight is 581 g/mol. The van der Waals surface area contributed by atoms with Crippen LogP contribution in [0.25, 0.3) is 5.82 Å². The second-order valence-corrected chi connectivity index (χ2v) is 10.4. The van der Waals surface area contributed by atoms with E-state index in [9.17, 15) is 14.7 Å². The molecule has 0 saturated carbocycles. The summed E-state index contributed by atoms with van der Waals surface area (Å²) >= 11 is 20.3. The van der Waals surface area contributed by atoms with Gasteiger partial charge in [-0.15, -0.1) is 16.4 Å².